The summed E-state index contributed by atoms with van der Waals surface area (Å²) in [5, 5.41) is 13.6. The molecule has 5 nitrogen and oxygen atoms in total. The molecule has 0 aliphatic rings. The maximum Gasteiger partial charge on any atom is 1.00 e. The third kappa shape index (κ3) is 6.57. The first-order valence-corrected chi connectivity index (χ1v) is 5.04. The number of carboxylic acid groups (broad SMARTS) is 1. The first-order valence-electron chi connectivity index (χ1n) is 5.04. The number of carboxylic acids is 1. The molecule has 17 heavy (non-hydrogen) atoms. The number of ether oxygens (including phenoxy) is 1. The largest absolute Gasteiger partial charge is 1.00 e. The van der Waals surface area contributed by atoms with E-state index in [0.717, 1.165) is 0 Å². The molecule has 0 heterocycles. The van der Waals surface area contributed by atoms with Crippen LogP contribution >= 0.6 is 0 Å². The molecule has 1 atom stereocenters. The monoisotopic (exact) mass is 267 g/mol. The van der Waals surface area contributed by atoms with Gasteiger partial charge in [-0.3, -0.25) is 0 Å². The first-order chi connectivity index (χ1) is 7.31. The van der Waals surface area contributed by atoms with Gasteiger partial charge in [-0.05, 0) is 19.8 Å². The van der Waals surface area contributed by atoms with Crippen molar-refractivity contribution in [1.29, 1.82) is 0 Å². The molecule has 0 bridgehead atoms. The molecule has 1 N–H and O–H groups in total. The van der Waals surface area contributed by atoms with Crippen molar-refractivity contribution in [2.45, 2.75) is 33.7 Å². The molecule has 0 aromatic heterocycles. The average Bonchev–Trinajstić information content (AvgIpc) is 2.22. The van der Waals surface area contributed by atoms with Gasteiger partial charge in [-0.15, -0.1) is 0 Å². The zero-order valence-corrected chi connectivity index (χ0v) is 14.4. The van der Waals surface area contributed by atoms with Crippen molar-refractivity contribution < 1.29 is 70.8 Å². The Morgan fingerprint density at radius 3 is 2.00 bits per heavy atom. The van der Waals surface area contributed by atoms with Gasteiger partial charge in [-0.25, -0.2) is 4.79 Å². The van der Waals surface area contributed by atoms with Crippen molar-refractivity contribution in [3.8, 4) is 0 Å². The van der Waals surface area contributed by atoms with Crippen LogP contribution in [0.3, 0.4) is 0 Å². The quantitative estimate of drug-likeness (QED) is 0.323. The van der Waals surface area contributed by atoms with Gasteiger partial charge in [0, 0.05) is 5.70 Å². The van der Waals surface area contributed by atoms with E-state index in [9.17, 15) is 14.7 Å². The zero-order valence-electron chi connectivity index (χ0n) is 11.3. The molecule has 0 amide bonds. The number of methoxy groups -OCH3 is 1. The Morgan fingerprint density at radius 1 is 1.24 bits per heavy atom. The van der Waals surface area contributed by atoms with Crippen LogP contribution in [0.15, 0.2) is 11.3 Å². The summed E-state index contributed by atoms with van der Waals surface area (Å²) in [5.41, 5.74) is 0.837. The molecule has 92 valence electrons. The standard InChI is InChI=1S/C11H19NO4.K/c1-6(2)9(10(13)14)12-8(4)7(3)11(15)16-5;/h6,9,12H,1-5H3,(H,13,14);/q;+1/p-1/b8-7-;/t9-;/m1./s1. The number of aliphatic carboxylic acids is 1. The fourth-order valence-corrected chi connectivity index (χ4v) is 1.15. The van der Waals surface area contributed by atoms with Crippen LogP contribution < -0.4 is 61.8 Å². The minimum Gasteiger partial charge on any atom is -0.548 e. The summed E-state index contributed by atoms with van der Waals surface area (Å²) in [7, 11) is 1.28. The van der Waals surface area contributed by atoms with Crippen molar-refractivity contribution in [1.82, 2.24) is 5.32 Å². The van der Waals surface area contributed by atoms with Crippen LogP contribution in [0.2, 0.25) is 0 Å². The Bertz CT molecular complexity index is 313. The number of carbonyl (C=O) groups is 2. The maximum atomic E-state index is 11.2. The van der Waals surface area contributed by atoms with E-state index < -0.39 is 18.0 Å². The predicted octanol–water partition coefficient (Wildman–Crippen LogP) is -3.18. The summed E-state index contributed by atoms with van der Waals surface area (Å²) in [6.45, 7) is 6.72. The predicted molar refractivity (Wildman–Crippen MR) is 57.2 cm³/mol. The average molecular weight is 267 g/mol. The van der Waals surface area contributed by atoms with Crippen LogP contribution in [0.4, 0.5) is 0 Å². The summed E-state index contributed by atoms with van der Waals surface area (Å²) in [4.78, 5) is 22.0. The molecular weight excluding hydrogens is 249 g/mol. The van der Waals surface area contributed by atoms with Gasteiger partial charge in [-0.1, -0.05) is 13.8 Å². The van der Waals surface area contributed by atoms with Crippen LogP contribution in [-0.4, -0.2) is 25.1 Å². The number of esters is 1. The number of allylic oxidation sites excluding steroid dienone is 1. The molecule has 0 radical (unpaired) electrons. The molecule has 0 aromatic rings. The third-order valence-electron chi connectivity index (χ3n) is 2.35. The van der Waals surface area contributed by atoms with Crippen molar-refractivity contribution in [3.05, 3.63) is 11.3 Å². The molecule has 0 aliphatic carbocycles. The van der Waals surface area contributed by atoms with E-state index in [2.05, 4.69) is 10.1 Å². The van der Waals surface area contributed by atoms with Gasteiger partial charge in [0.05, 0.1) is 24.7 Å². The van der Waals surface area contributed by atoms with E-state index in [1.807, 2.05) is 0 Å². The number of nitrogens with one attached hydrogen (secondary N) is 1. The van der Waals surface area contributed by atoms with E-state index >= 15 is 0 Å². The molecular formula is C11H18KNO4. The number of carbonyl (C=O) groups excluding carboxylic acids is 2. The topological polar surface area (TPSA) is 78.5 Å². The van der Waals surface area contributed by atoms with E-state index in [4.69, 9.17) is 0 Å². The Hall–Kier alpha value is 0.116. The SMILES string of the molecule is COC(=O)/C(C)=C(/C)N[C@@H](C(=O)[O-])C(C)C.[K+]. The van der Waals surface area contributed by atoms with E-state index in [-0.39, 0.29) is 57.3 Å². The van der Waals surface area contributed by atoms with E-state index in [1.165, 1.54) is 7.11 Å². The molecule has 0 aliphatic heterocycles. The summed E-state index contributed by atoms with van der Waals surface area (Å²) >= 11 is 0. The van der Waals surface area contributed by atoms with Gasteiger partial charge in [0.1, 0.15) is 0 Å². The van der Waals surface area contributed by atoms with Crippen molar-refractivity contribution >= 4 is 11.9 Å². The maximum absolute atomic E-state index is 11.2. The summed E-state index contributed by atoms with van der Waals surface area (Å²) < 4.78 is 4.54. The fourth-order valence-electron chi connectivity index (χ4n) is 1.15. The fraction of sp³-hybridized carbons (Fsp3) is 0.636. The Labute approximate surface area is 144 Å². The first kappa shape index (κ1) is 19.5. The van der Waals surface area contributed by atoms with Gasteiger partial charge in [0.2, 0.25) is 0 Å². The Morgan fingerprint density at radius 2 is 1.71 bits per heavy atom. The second kappa shape index (κ2) is 9.10. The second-order valence-corrected chi connectivity index (χ2v) is 3.93. The van der Waals surface area contributed by atoms with Gasteiger partial charge in [0.15, 0.2) is 0 Å². The van der Waals surface area contributed by atoms with Gasteiger partial charge < -0.3 is 20.0 Å². The normalized spacial score (nSPS) is 13.3. The zero-order chi connectivity index (χ0) is 12.9. The van der Waals surface area contributed by atoms with Crippen LogP contribution in [0, 0.1) is 5.92 Å². The second-order valence-electron chi connectivity index (χ2n) is 3.93. The molecule has 6 heteroatoms. The number of rotatable bonds is 5. The summed E-state index contributed by atoms with van der Waals surface area (Å²) in [6.07, 6.45) is 0. The van der Waals surface area contributed by atoms with Gasteiger partial charge in [0.25, 0.3) is 0 Å². The molecule has 0 unspecified atom stereocenters. The number of hydrogen-bond donors (Lipinski definition) is 1. The van der Waals surface area contributed by atoms with Crippen molar-refractivity contribution in [2.24, 2.45) is 5.92 Å². The minimum absolute atomic E-state index is 0. The van der Waals surface area contributed by atoms with Crippen LogP contribution in [-0.2, 0) is 14.3 Å². The van der Waals surface area contributed by atoms with Crippen LogP contribution in [0.1, 0.15) is 27.7 Å². The molecule has 0 spiro atoms. The number of hydrogen-bond acceptors (Lipinski definition) is 5. The Kier molecular flexibility index (Phi) is 10.4. The smallest absolute Gasteiger partial charge is 0.548 e. The molecule has 0 rings (SSSR count). The molecule has 0 aromatic carbocycles. The molecule has 0 fully saturated rings. The molecule has 0 saturated heterocycles. The van der Waals surface area contributed by atoms with E-state index in [1.54, 1.807) is 27.7 Å². The van der Waals surface area contributed by atoms with E-state index in [0.29, 0.717) is 11.3 Å². The van der Waals surface area contributed by atoms with Crippen molar-refractivity contribution in [3.63, 3.8) is 0 Å². The van der Waals surface area contributed by atoms with Crippen LogP contribution in [0.25, 0.3) is 0 Å². The molecule has 0 saturated carbocycles. The van der Waals surface area contributed by atoms with Gasteiger partial charge >= 0.3 is 57.4 Å². The third-order valence-corrected chi connectivity index (χ3v) is 2.35. The van der Waals surface area contributed by atoms with Gasteiger partial charge in [-0.2, -0.15) is 0 Å². The Balaban J connectivity index is 0. The summed E-state index contributed by atoms with van der Waals surface area (Å²) in [6, 6.07) is -0.820. The summed E-state index contributed by atoms with van der Waals surface area (Å²) in [5.74, 6) is -1.80. The van der Waals surface area contributed by atoms with Crippen molar-refractivity contribution in [2.75, 3.05) is 7.11 Å². The minimum atomic E-state index is -1.19. The van der Waals surface area contributed by atoms with Crippen LogP contribution in [0.5, 0.6) is 0 Å².